The number of benzene rings is 3. The van der Waals surface area contributed by atoms with Gasteiger partial charge in [0.1, 0.15) is 11.5 Å². The monoisotopic (exact) mass is 377 g/mol. The number of carbonyl (C=O) groups excluding carboxylic acids is 2. The molecule has 0 atom stereocenters. The van der Waals surface area contributed by atoms with Crippen LogP contribution in [0.4, 0.5) is 0 Å². The lowest BCUT2D eigenvalue weighted by molar-refractivity contribution is 0.0656. The van der Waals surface area contributed by atoms with Crippen molar-refractivity contribution >= 4 is 23.4 Å². The number of hydrogen-bond donors (Lipinski definition) is 0. The summed E-state index contributed by atoms with van der Waals surface area (Å²) in [5.74, 6) is 0.913. The number of rotatable bonds is 5. The van der Waals surface area contributed by atoms with Crippen LogP contribution in [0.3, 0.4) is 0 Å². The molecule has 1 aliphatic rings. The summed E-state index contributed by atoms with van der Waals surface area (Å²) in [6, 6.07) is 21.7. The van der Waals surface area contributed by atoms with Gasteiger partial charge in [0, 0.05) is 11.6 Å². The summed E-state index contributed by atoms with van der Waals surface area (Å²) in [6.45, 7) is 0.348. The Morgan fingerprint density at radius 3 is 2.07 bits per heavy atom. The first-order valence-electron chi connectivity index (χ1n) is 8.59. The first-order valence-corrected chi connectivity index (χ1v) is 8.97. The Morgan fingerprint density at radius 2 is 1.44 bits per heavy atom. The predicted molar refractivity (Wildman–Crippen MR) is 103 cm³/mol. The highest BCUT2D eigenvalue weighted by Gasteiger charge is 2.34. The summed E-state index contributed by atoms with van der Waals surface area (Å²) < 4.78 is 5.77. The smallest absolute Gasteiger partial charge is 0.261 e. The molecule has 0 fully saturated rings. The van der Waals surface area contributed by atoms with Crippen LogP contribution in [0.1, 0.15) is 26.3 Å². The van der Waals surface area contributed by atoms with Crippen LogP contribution in [0.15, 0.2) is 72.8 Å². The van der Waals surface area contributed by atoms with Gasteiger partial charge in [-0.2, -0.15) is 0 Å². The molecule has 1 heterocycles. The molecule has 27 heavy (non-hydrogen) atoms. The van der Waals surface area contributed by atoms with Gasteiger partial charge in [0.15, 0.2) is 0 Å². The largest absolute Gasteiger partial charge is 0.457 e. The normalized spacial score (nSPS) is 13.0. The second kappa shape index (κ2) is 7.25. The molecule has 0 spiro atoms. The van der Waals surface area contributed by atoms with Gasteiger partial charge in [-0.15, -0.1) is 0 Å². The number of halogens is 1. The minimum absolute atomic E-state index is 0.225. The SMILES string of the molecule is O=C1c2ccccc2C(=O)N1CCc1ccc(Oc2cccc(Cl)c2)cc1. The van der Waals surface area contributed by atoms with Gasteiger partial charge >= 0.3 is 0 Å². The van der Waals surface area contributed by atoms with Gasteiger partial charge < -0.3 is 4.74 Å². The summed E-state index contributed by atoms with van der Waals surface area (Å²) in [6.07, 6.45) is 0.586. The molecule has 3 aromatic rings. The van der Waals surface area contributed by atoms with E-state index in [1.165, 1.54) is 4.90 Å². The van der Waals surface area contributed by atoms with Crippen molar-refractivity contribution in [3.05, 3.63) is 94.5 Å². The Balaban J connectivity index is 1.40. The zero-order chi connectivity index (χ0) is 18.8. The van der Waals surface area contributed by atoms with Crippen LogP contribution in [-0.2, 0) is 6.42 Å². The van der Waals surface area contributed by atoms with Crippen molar-refractivity contribution in [2.45, 2.75) is 6.42 Å². The molecular formula is C22H16ClNO3. The van der Waals surface area contributed by atoms with E-state index in [0.29, 0.717) is 40.6 Å². The molecule has 5 heteroatoms. The highest BCUT2D eigenvalue weighted by atomic mass is 35.5. The fourth-order valence-electron chi connectivity index (χ4n) is 3.07. The molecule has 0 saturated carbocycles. The van der Waals surface area contributed by atoms with Crippen LogP contribution >= 0.6 is 11.6 Å². The number of hydrogen-bond acceptors (Lipinski definition) is 3. The van der Waals surface area contributed by atoms with E-state index < -0.39 is 0 Å². The Morgan fingerprint density at radius 1 is 0.778 bits per heavy atom. The molecule has 4 rings (SSSR count). The van der Waals surface area contributed by atoms with Crippen molar-refractivity contribution in [1.82, 2.24) is 4.90 Å². The molecule has 4 nitrogen and oxygen atoms in total. The van der Waals surface area contributed by atoms with Crippen LogP contribution in [-0.4, -0.2) is 23.3 Å². The van der Waals surface area contributed by atoms with Crippen molar-refractivity contribution in [3.8, 4) is 11.5 Å². The van der Waals surface area contributed by atoms with Crippen molar-refractivity contribution < 1.29 is 14.3 Å². The third-order valence-electron chi connectivity index (χ3n) is 4.46. The van der Waals surface area contributed by atoms with Crippen LogP contribution in [0.5, 0.6) is 11.5 Å². The van der Waals surface area contributed by atoms with Crippen molar-refractivity contribution in [2.75, 3.05) is 6.54 Å². The van der Waals surface area contributed by atoms with Crippen LogP contribution < -0.4 is 4.74 Å². The van der Waals surface area contributed by atoms with Crippen molar-refractivity contribution in [1.29, 1.82) is 0 Å². The molecule has 0 N–H and O–H groups in total. The Labute approximate surface area is 161 Å². The van der Waals surface area contributed by atoms with E-state index in [-0.39, 0.29) is 11.8 Å². The minimum atomic E-state index is -0.225. The second-order valence-electron chi connectivity index (χ2n) is 6.26. The molecule has 134 valence electrons. The fourth-order valence-corrected chi connectivity index (χ4v) is 3.25. The molecule has 0 radical (unpaired) electrons. The number of amides is 2. The topological polar surface area (TPSA) is 46.6 Å². The summed E-state index contributed by atoms with van der Waals surface area (Å²) in [5, 5.41) is 0.616. The molecule has 0 aromatic heterocycles. The lowest BCUT2D eigenvalue weighted by Gasteiger charge is -2.14. The van der Waals surface area contributed by atoms with Crippen molar-refractivity contribution in [3.63, 3.8) is 0 Å². The van der Waals surface area contributed by atoms with Crippen LogP contribution in [0, 0.1) is 0 Å². The van der Waals surface area contributed by atoms with E-state index in [2.05, 4.69) is 0 Å². The zero-order valence-electron chi connectivity index (χ0n) is 14.4. The maximum Gasteiger partial charge on any atom is 0.261 e. The third-order valence-corrected chi connectivity index (χ3v) is 4.69. The fraction of sp³-hybridized carbons (Fsp3) is 0.0909. The molecule has 0 bridgehead atoms. The van der Waals surface area contributed by atoms with E-state index >= 15 is 0 Å². The highest BCUT2D eigenvalue weighted by Crippen LogP contribution is 2.25. The number of nitrogens with zero attached hydrogens (tertiary/aromatic N) is 1. The van der Waals surface area contributed by atoms with E-state index in [1.807, 2.05) is 36.4 Å². The van der Waals surface area contributed by atoms with E-state index in [9.17, 15) is 9.59 Å². The molecular weight excluding hydrogens is 362 g/mol. The Kier molecular flexibility index (Phi) is 4.65. The summed E-state index contributed by atoms with van der Waals surface area (Å²) in [5.41, 5.74) is 1.98. The van der Waals surface area contributed by atoms with E-state index in [1.54, 1.807) is 36.4 Å². The van der Waals surface area contributed by atoms with Gasteiger partial charge in [-0.25, -0.2) is 0 Å². The maximum absolute atomic E-state index is 12.4. The van der Waals surface area contributed by atoms with Crippen molar-refractivity contribution in [2.24, 2.45) is 0 Å². The molecule has 0 unspecified atom stereocenters. The average molecular weight is 378 g/mol. The first-order chi connectivity index (χ1) is 13.1. The van der Waals surface area contributed by atoms with E-state index in [0.717, 1.165) is 5.56 Å². The Bertz CT molecular complexity index is 979. The van der Waals surface area contributed by atoms with Gasteiger partial charge in [0.25, 0.3) is 11.8 Å². The Hall–Kier alpha value is -3.11. The quantitative estimate of drug-likeness (QED) is 0.590. The molecule has 0 aliphatic carbocycles. The summed E-state index contributed by atoms with van der Waals surface area (Å²) >= 11 is 5.96. The lowest BCUT2D eigenvalue weighted by atomic mass is 10.1. The minimum Gasteiger partial charge on any atom is -0.457 e. The molecule has 3 aromatic carbocycles. The van der Waals surface area contributed by atoms with E-state index in [4.69, 9.17) is 16.3 Å². The zero-order valence-corrected chi connectivity index (χ0v) is 15.1. The number of fused-ring (bicyclic) bond motifs is 1. The van der Waals surface area contributed by atoms with Gasteiger partial charge in [-0.3, -0.25) is 14.5 Å². The maximum atomic E-state index is 12.4. The summed E-state index contributed by atoms with van der Waals surface area (Å²) in [7, 11) is 0. The van der Waals surface area contributed by atoms with Gasteiger partial charge in [0.05, 0.1) is 11.1 Å². The lowest BCUT2D eigenvalue weighted by Crippen LogP contribution is -2.31. The standard InChI is InChI=1S/C22H16ClNO3/c23-16-4-3-5-18(14-16)27-17-10-8-15(9-11-17)12-13-24-21(25)19-6-1-2-7-20(19)22(24)26/h1-11,14H,12-13H2. The first kappa shape index (κ1) is 17.3. The molecule has 0 saturated heterocycles. The van der Waals surface area contributed by atoms with Gasteiger partial charge in [0.2, 0.25) is 0 Å². The average Bonchev–Trinajstić information content (AvgIpc) is 2.92. The highest BCUT2D eigenvalue weighted by molar-refractivity contribution is 6.30. The second-order valence-corrected chi connectivity index (χ2v) is 6.70. The number of ether oxygens (including phenoxy) is 1. The third kappa shape index (κ3) is 3.57. The van der Waals surface area contributed by atoms with Crippen LogP contribution in [0.25, 0.3) is 0 Å². The summed E-state index contributed by atoms with van der Waals surface area (Å²) in [4.78, 5) is 26.1. The molecule has 1 aliphatic heterocycles. The van der Waals surface area contributed by atoms with Crippen LogP contribution in [0.2, 0.25) is 5.02 Å². The number of carbonyl (C=O) groups is 2. The predicted octanol–water partition coefficient (Wildman–Crippen LogP) is 4.97. The number of imide groups is 1. The van der Waals surface area contributed by atoms with Gasteiger partial charge in [-0.05, 0) is 54.4 Å². The molecule has 2 amide bonds. The van der Waals surface area contributed by atoms with Gasteiger partial charge in [-0.1, -0.05) is 41.9 Å².